The van der Waals surface area contributed by atoms with Crippen molar-refractivity contribution in [3.05, 3.63) is 35.9 Å². The lowest BCUT2D eigenvalue weighted by molar-refractivity contribution is -0.00983. The van der Waals surface area contributed by atoms with Crippen LogP contribution in [0, 0.1) is 0 Å². The second-order valence-corrected chi connectivity index (χ2v) is 4.87. The van der Waals surface area contributed by atoms with Crippen LogP contribution in [0.4, 0.5) is 0 Å². The highest BCUT2D eigenvalue weighted by Gasteiger charge is 2.12. The quantitative estimate of drug-likeness (QED) is 0.822. The van der Waals surface area contributed by atoms with E-state index in [2.05, 4.69) is 12.1 Å². The number of hydrogen-bond acceptors (Lipinski definition) is 2. The highest BCUT2D eigenvalue weighted by atomic mass is 16.5. The van der Waals surface area contributed by atoms with Crippen molar-refractivity contribution in [2.75, 3.05) is 6.61 Å². The Morgan fingerprint density at radius 2 is 1.80 bits per heavy atom. The number of ether oxygens (including phenoxy) is 1. The van der Waals surface area contributed by atoms with E-state index in [1.807, 2.05) is 39.0 Å². The Kier molecular flexibility index (Phi) is 4.30. The van der Waals surface area contributed by atoms with Gasteiger partial charge in [-0.05, 0) is 32.8 Å². The third-order valence-corrected chi connectivity index (χ3v) is 2.07. The highest BCUT2D eigenvalue weighted by molar-refractivity contribution is 5.15. The first kappa shape index (κ1) is 12.2. The van der Waals surface area contributed by atoms with Gasteiger partial charge in [0.1, 0.15) is 0 Å². The van der Waals surface area contributed by atoms with Crippen LogP contribution < -0.4 is 5.73 Å². The fraction of sp³-hybridized carbons (Fsp3) is 0.538. The monoisotopic (exact) mass is 207 g/mol. The molecule has 0 bridgehead atoms. The largest absolute Gasteiger partial charge is 0.374 e. The SMILES string of the molecule is CC(C)(C)OCC(N)Cc1ccccc1. The molecule has 0 radical (unpaired) electrons. The smallest absolute Gasteiger partial charge is 0.0627 e. The Morgan fingerprint density at radius 3 is 2.33 bits per heavy atom. The Labute approximate surface area is 92.4 Å². The maximum Gasteiger partial charge on any atom is 0.0627 e. The fourth-order valence-corrected chi connectivity index (χ4v) is 1.33. The molecule has 1 aromatic rings. The maximum absolute atomic E-state index is 5.99. The minimum atomic E-state index is -0.103. The maximum atomic E-state index is 5.99. The molecule has 2 heteroatoms. The lowest BCUT2D eigenvalue weighted by Gasteiger charge is -2.22. The lowest BCUT2D eigenvalue weighted by Crippen LogP contribution is -2.33. The van der Waals surface area contributed by atoms with Gasteiger partial charge in [-0.15, -0.1) is 0 Å². The number of rotatable bonds is 4. The Bertz CT molecular complexity index is 276. The van der Waals surface area contributed by atoms with E-state index in [4.69, 9.17) is 10.5 Å². The molecule has 0 aliphatic rings. The summed E-state index contributed by atoms with van der Waals surface area (Å²) in [6.07, 6.45) is 0.872. The van der Waals surface area contributed by atoms with Gasteiger partial charge in [0, 0.05) is 6.04 Å². The molecule has 15 heavy (non-hydrogen) atoms. The molecule has 0 aliphatic heterocycles. The molecule has 1 rings (SSSR count). The molecule has 0 heterocycles. The van der Waals surface area contributed by atoms with Crippen LogP contribution in [0.1, 0.15) is 26.3 Å². The van der Waals surface area contributed by atoms with E-state index >= 15 is 0 Å². The van der Waals surface area contributed by atoms with Crippen LogP contribution in [-0.4, -0.2) is 18.2 Å². The van der Waals surface area contributed by atoms with Gasteiger partial charge in [0.25, 0.3) is 0 Å². The molecule has 2 N–H and O–H groups in total. The first-order valence-corrected chi connectivity index (χ1v) is 5.41. The average molecular weight is 207 g/mol. The van der Waals surface area contributed by atoms with Crippen LogP contribution in [0.3, 0.4) is 0 Å². The third kappa shape index (κ3) is 5.55. The number of hydrogen-bond donors (Lipinski definition) is 1. The van der Waals surface area contributed by atoms with Crippen molar-refractivity contribution in [3.63, 3.8) is 0 Å². The van der Waals surface area contributed by atoms with Crippen molar-refractivity contribution in [2.24, 2.45) is 5.73 Å². The Balaban J connectivity index is 2.34. The minimum absolute atomic E-state index is 0.0756. The van der Waals surface area contributed by atoms with E-state index in [1.165, 1.54) is 5.56 Å². The van der Waals surface area contributed by atoms with Crippen LogP contribution in [-0.2, 0) is 11.2 Å². The van der Waals surface area contributed by atoms with Gasteiger partial charge in [0.05, 0.1) is 12.2 Å². The van der Waals surface area contributed by atoms with Crippen molar-refractivity contribution in [1.29, 1.82) is 0 Å². The zero-order valence-electron chi connectivity index (χ0n) is 9.86. The molecule has 1 aromatic carbocycles. The standard InChI is InChI=1S/C13H21NO/c1-13(2,3)15-10-12(14)9-11-7-5-4-6-8-11/h4-8,12H,9-10,14H2,1-3H3. The van der Waals surface area contributed by atoms with Gasteiger partial charge in [-0.25, -0.2) is 0 Å². The summed E-state index contributed by atoms with van der Waals surface area (Å²) in [5.41, 5.74) is 7.15. The van der Waals surface area contributed by atoms with Crippen LogP contribution in [0.15, 0.2) is 30.3 Å². The summed E-state index contributed by atoms with van der Waals surface area (Å²) >= 11 is 0. The van der Waals surface area contributed by atoms with Gasteiger partial charge in [-0.1, -0.05) is 30.3 Å². The Morgan fingerprint density at radius 1 is 1.20 bits per heavy atom. The summed E-state index contributed by atoms with van der Waals surface area (Å²) in [5, 5.41) is 0. The molecule has 1 unspecified atom stereocenters. The zero-order chi connectivity index (χ0) is 11.3. The first-order valence-electron chi connectivity index (χ1n) is 5.41. The molecule has 0 saturated carbocycles. The predicted molar refractivity (Wildman–Crippen MR) is 63.8 cm³/mol. The molecule has 0 saturated heterocycles. The third-order valence-electron chi connectivity index (χ3n) is 2.07. The normalized spacial score (nSPS) is 13.9. The van der Waals surface area contributed by atoms with Gasteiger partial charge in [-0.2, -0.15) is 0 Å². The van der Waals surface area contributed by atoms with E-state index in [9.17, 15) is 0 Å². The van der Waals surface area contributed by atoms with Crippen LogP contribution in [0.25, 0.3) is 0 Å². The van der Waals surface area contributed by atoms with Crippen molar-refractivity contribution in [1.82, 2.24) is 0 Å². The second kappa shape index (κ2) is 5.29. The molecule has 84 valence electrons. The van der Waals surface area contributed by atoms with E-state index < -0.39 is 0 Å². The van der Waals surface area contributed by atoms with Crippen molar-refractivity contribution >= 4 is 0 Å². The Hall–Kier alpha value is -0.860. The van der Waals surface area contributed by atoms with Crippen molar-refractivity contribution < 1.29 is 4.74 Å². The van der Waals surface area contributed by atoms with Crippen LogP contribution >= 0.6 is 0 Å². The summed E-state index contributed by atoms with van der Waals surface area (Å²) < 4.78 is 5.64. The van der Waals surface area contributed by atoms with Gasteiger partial charge in [-0.3, -0.25) is 0 Å². The average Bonchev–Trinajstić information content (AvgIpc) is 2.15. The van der Waals surface area contributed by atoms with E-state index in [-0.39, 0.29) is 11.6 Å². The fourth-order valence-electron chi connectivity index (χ4n) is 1.33. The molecule has 0 fully saturated rings. The number of nitrogens with two attached hydrogens (primary N) is 1. The van der Waals surface area contributed by atoms with Crippen LogP contribution in [0.2, 0.25) is 0 Å². The van der Waals surface area contributed by atoms with Gasteiger partial charge in [0.15, 0.2) is 0 Å². The van der Waals surface area contributed by atoms with Gasteiger partial charge in [0.2, 0.25) is 0 Å². The predicted octanol–water partition coefficient (Wildman–Crippen LogP) is 2.37. The van der Waals surface area contributed by atoms with E-state index in [0.717, 1.165) is 6.42 Å². The van der Waals surface area contributed by atoms with Gasteiger partial charge < -0.3 is 10.5 Å². The van der Waals surface area contributed by atoms with Crippen LogP contribution in [0.5, 0.6) is 0 Å². The molecule has 0 amide bonds. The summed E-state index contributed by atoms with van der Waals surface area (Å²) in [7, 11) is 0. The molecule has 0 aliphatic carbocycles. The molecule has 1 atom stereocenters. The molecule has 0 aromatic heterocycles. The van der Waals surface area contributed by atoms with Crippen molar-refractivity contribution in [3.8, 4) is 0 Å². The zero-order valence-corrected chi connectivity index (χ0v) is 9.86. The van der Waals surface area contributed by atoms with E-state index in [0.29, 0.717) is 6.61 Å². The minimum Gasteiger partial charge on any atom is -0.374 e. The summed E-state index contributed by atoms with van der Waals surface area (Å²) in [4.78, 5) is 0. The summed E-state index contributed by atoms with van der Waals surface area (Å²) in [5.74, 6) is 0. The summed E-state index contributed by atoms with van der Waals surface area (Å²) in [6, 6.07) is 10.3. The second-order valence-electron chi connectivity index (χ2n) is 4.87. The van der Waals surface area contributed by atoms with E-state index in [1.54, 1.807) is 0 Å². The molecular formula is C13H21NO. The molecular weight excluding hydrogens is 186 g/mol. The van der Waals surface area contributed by atoms with Gasteiger partial charge >= 0.3 is 0 Å². The highest BCUT2D eigenvalue weighted by Crippen LogP contribution is 2.08. The molecule has 0 spiro atoms. The topological polar surface area (TPSA) is 35.2 Å². The number of benzene rings is 1. The first-order chi connectivity index (χ1) is 6.97. The van der Waals surface area contributed by atoms with Crippen molar-refractivity contribution in [2.45, 2.75) is 38.8 Å². The lowest BCUT2D eigenvalue weighted by atomic mass is 10.1. The molecule has 2 nitrogen and oxygen atoms in total. The summed E-state index contributed by atoms with van der Waals surface area (Å²) in [6.45, 7) is 6.74.